The van der Waals surface area contributed by atoms with Crippen molar-refractivity contribution in [1.29, 1.82) is 0 Å². The first-order chi connectivity index (χ1) is 7.00. The molecule has 5 nitrogen and oxygen atoms in total. The molecular weight excluding hydrogens is 194 g/mol. The van der Waals surface area contributed by atoms with Crippen molar-refractivity contribution in [3.63, 3.8) is 0 Å². The Hall–Kier alpha value is -1.52. The number of rotatable bonds is 2. The predicted molar refractivity (Wildman–Crippen MR) is 57.7 cm³/mol. The number of nitrogens with two attached hydrogens (primary N) is 1. The number of H-pyrrole nitrogens is 1. The van der Waals surface area contributed by atoms with E-state index in [2.05, 4.69) is 11.9 Å². The molecule has 2 rings (SSSR count). The summed E-state index contributed by atoms with van der Waals surface area (Å²) in [7, 11) is 0. The molecule has 1 aliphatic rings. The largest absolute Gasteiger partial charge is 0.393 e. The van der Waals surface area contributed by atoms with Crippen molar-refractivity contribution in [2.75, 3.05) is 5.73 Å². The third-order valence-electron chi connectivity index (χ3n) is 3.15. The topological polar surface area (TPSA) is 80.9 Å². The van der Waals surface area contributed by atoms with Crippen LogP contribution in [0.1, 0.15) is 26.2 Å². The molecule has 1 aromatic heterocycles. The zero-order valence-corrected chi connectivity index (χ0v) is 8.75. The smallest absolute Gasteiger partial charge is 0.328 e. The summed E-state index contributed by atoms with van der Waals surface area (Å²) >= 11 is 0. The molecule has 0 radical (unpaired) electrons. The van der Waals surface area contributed by atoms with Crippen LogP contribution in [0.15, 0.2) is 15.8 Å². The molecule has 0 bridgehead atoms. The molecule has 0 aromatic carbocycles. The minimum absolute atomic E-state index is 0.0949. The van der Waals surface area contributed by atoms with Crippen molar-refractivity contribution in [3.8, 4) is 0 Å². The fourth-order valence-corrected chi connectivity index (χ4v) is 1.99. The van der Waals surface area contributed by atoms with E-state index in [4.69, 9.17) is 5.73 Å². The third kappa shape index (κ3) is 1.82. The van der Waals surface area contributed by atoms with E-state index in [0.29, 0.717) is 6.54 Å². The van der Waals surface area contributed by atoms with Gasteiger partial charge in [0.1, 0.15) is 5.69 Å². The quantitative estimate of drug-likeness (QED) is 0.735. The number of nitrogens with zero attached hydrogens (tertiary/aromatic N) is 1. The van der Waals surface area contributed by atoms with Crippen molar-refractivity contribution in [1.82, 2.24) is 9.55 Å². The van der Waals surface area contributed by atoms with E-state index in [1.165, 1.54) is 17.2 Å². The molecule has 82 valence electrons. The van der Waals surface area contributed by atoms with Crippen molar-refractivity contribution < 1.29 is 0 Å². The van der Waals surface area contributed by atoms with Crippen LogP contribution >= 0.6 is 0 Å². The van der Waals surface area contributed by atoms with E-state index in [-0.39, 0.29) is 16.8 Å². The fourth-order valence-electron chi connectivity index (χ4n) is 1.99. The average molecular weight is 209 g/mol. The maximum absolute atomic E-state index is 11.5. The highest BCUT2D eigenvalue weighted by molar-refractivity contribution is 5.30. The number of aromatic amines is 1. The Morgan fingerprint density at radius 1 is 1.53 bits per heavy atom. The second-order valence-electron chi connectivity index (χ2n) is 4.64. The van der Waals surface area contributed by atoms with Crippen LogP contribution in [0.3, 0.4) is 0 Å². The first-order valence-electron chi connectivity index (χ1n) is 5.09. The Kier molecular flexibility index (Phi) is 2.17. The standard InChI is InChI=1S/C10H15N3O2/c1-10(3-2-4-10)6-13-5-7(11)8(14)12-9(13)15/h5H,2-4,6,11H2,1H3,(H,12,14,15). The van der Waals surface area contributed by atoms with Gasteiger partial charge in [0.2, 0.25) is 0 Å². The van der Waals surface area contributed by atoms with Crippen molar-refractivity contribution in [2.45, 2.75) is 32.7 Å². The first kappa shape index (κ1) is 10.0. The number of aromatic nitrogens is 2. The molecule has 0 aliphatic heterocycles. The van der Waals surface area contributed by atoms with Crippen LogP contribution in [0.4, 0.5) is 5.69 Å². The van der Waals surface area contributed by atoms with Gasteiger partial charge >= 0.3 is 5.69 Å². The summed E-state index contributed by atoms with van der Waals surface area (Å²) in [6.45, 7) is 2.77. The van der Waals surface area contributed by atoms with Crippen LogP contribution in [0.25, 0.3) is 0 Å². The normalized spacial score (nSPS) is 18.5. The Bertz CT molecular complexity index is 482. The number of hydrogen-bond acceptors (Lipinski definition) is 3. The number of anilines is 1. The van der Waals surface area contributed by atoms with Crippen molar-refractivity contribution in [2.24, 2.45) is 5.41 Å². The zero-order valence-electron chi connectivity index (χ0n) is 8.75. The number of hydrogen-bond donors (Lipinski definition) is 2. The second-order valence-corrected chi connectivity index (χ2v) is 4.64. The van der Waals surface area contributed by atoms with Gasteiger partial charge in [0.05, 0.1) is 0 Å². The van der Waals surface area contributed by atoms with E-state index in [1.54, 1.807) is 0 Å². The summed E-state index contributed by atoms with van der Waals surface area (Å²) < 4.78 is 1.50. The van der Waals surface area contributed by atoms with Gasteiger partial charge in [0, 0.05) is 12.7 Å². The monoisotopic (exact) mass is 209 g/mol. The maximum atomic E-state index is 11.5. The van der Waals surface area contributed by atoms with Crippen LogP contribution < -0.4 is 17.0 Å². The van der Waals surface area contributed by atoms with Gasteiger partial charge in [0.15, 0.2) is 0 Å². The van der Waals surface area contributed by atoms with Crippen molar-refractivity contribution in [3.05, 3.63) is 27.0 Å². The molecule has 0 saturated heterocycles. The molecule has 1 heterocycles. The summed E-state index contributed by atoms with van der Waals surface area (Å²) in [4.78, 5) is 24.7. The van der Waals surface area contributed by atoms with Crippen molar-refractivity contribution >= 4 is 5.69 Å². The molecule has 1 aliphatic carbocycles. The molecule has 1 fully saturated rings. The molecule has 1 saturated carbocycles. The molecule has 0 unspecified atom stereocenters. The second kappa shape index (κ2) is 3.25. The van der Waals surface area contributed by atoms with Crippen LogP contribution in [-0.4, -0.2) is 9.55 Å². The maximum Gasteiger partial charge on any atom is 0.328 e. The van der Waals surface area contributed by atoms with Crippen LogP contribution in [-0.2, 0) is 6.54 Å². The highest BCUT2D eigenvalue weighted by Crippen LogP contribution is 2.41. The zero-order chi connectivity index (χ0) is 11.1. The van der Waals surface area contributed by atoms with Gasteiger partial charge in [-0.15, -0.1) is 0 Å². The van der Waals surface area contributed by atoms with Gasteiger partial charge in [-0.3, -0.25) is 14.3 Å². The van der Waals surface area contributed by atoms with Gasteiger partial charge in [-0.05, 0) is 18.3 Å². The lowest BCUT2D eigenvalue weighted by atomic mass is 9.70. The van der Waals surface area contributed by atoms with Gasteiger partial charge < -0.3 is 5.73 Å². The Morgan fingerprint density at radius 2 is 2.20 bits per heavy atom. The minimum atomic E-state index is -0.505. The van der Waals surface area contributed by atoms with E-state index >= 15 is 0 Å². The van der Waals surface area contributed by atoms with Crippen LogP contribution in [0.5, 0.6) is 0 Å². The Labute approximate surface area is 86.9 Å². The number of nitrogen functional groups attached to an aromatic ring is 1. The lowest BCUT2D eigenvalue weighted by Gasteiger charge is -2.38. The molecule has 1 aromatic rings. The molecule has 0 amide bonds. The fraction of sp³-hybridized carbons (Fsp3) is 0.600. The van der Waals surface area contributed by atoms with Gasteiger partial charge in [-0.2, -0.15) is 0 Å². The molecule has 0 atom stereocenters. The summed E-state index contributed by atoms with van der Waals surface area (Å²) in [6, 6.07) is 0. The minimum Gasteiger partial charge on any atom is -0.393 e. The van der Waals surface area contributed by atoms with E-state index in [9.17, 15) is 9.59 Å². The number of nitrogens with one attached hydrogen (secondary N) is 1. The first-order valence-corrected chi connectivity index (χ1v) is 5.09. The van der Waals surface area contributed by atoms with Crippen LogP contribution in [0.2, 0.25) is 0 Å². The summed E-state index contributed by atoms with van der Waals surface area (Å²) in [5.41, 5.74) is 4.87. The van der Waals surface area contributed by atoms with Gasteiger partial charge in [0.25, 0.3) is 5.56 Å². The van der Waals surface area contributed by atoms with E-state index < -0.39 is 5.56 Å². The predicted octanol–water partition coefficient (Wildman–Crippen LogP) is 0.309. The lowest BCUT2D eigenvalue weighted by Crippen LogP contribution is -2.38. The molecule has 3 N–H and O–H groups in total. The Balaban J connectivity index is 2.32. The molecule has 5 heteroatoms. The average Bonchev–Trinajstić information content (AvgIpc) is 2.11. The lowest BCUT2D eigenvalue weighted by molar-refractivity contribution is 0.129. The highest BCUT2D eigenvalue weighted by atomic mass is 16.2. The van der Waals surface area contributed by atoms with Gasteiger partial charge in [-0.1, -0.05) is 13.3 Å². The third-order valence-corrected chi connectivity index (χ3v) is 3.15. The summed E-state index contributed by atoms with van der Waals surface area (Å²) in [6.07, 6.45) is 4.89. The van der Waals surface area contributed by atoms with E-state index in [0.717, 1.165) is 12.8 Å². The van der Waals surface area contributed by atoms with Gasteiger partial charge in [-0.25, -0.2) is 4.79 Å². The molecule has 0 spiro atoms. The molecule has 15 heavy (non-hydrogen) atoms. The SMILES string of the molecule is CC1(Cn2cc(N)c(=O)[nH]c2=O)CCC1. The summed E-state index contributed by atoms with van der Waals surface area (Å²) in [5.74, 6) is 0. The van der Waals surface area contributed by atoms with Crippen LogP contribution in [0, 0.1) is 5.41 Å². The van der Waals surface area contributed by atoms with E-state index in [1.807, 2.05) is 0 Å². The highest BCUT2D eigenvalue weighted by Gasteiger charge is 2.32. The molecular formula is C10H15N3O2. The Morgan fingerprint density at radius 3 is 2.73 bits per heavy atom. The summed E-state index contributed by atoms with van der Waals surface area (Å²) in [5, 5.41) is 0.